The van der Waals surface area contributed by atoms with Gasteiger partial charge < -0.3 is 15.4 Å². The lowest BCUT2D eigenvalue weighted by atomic mass is 10.1. The zero-order valence-corrected chi connectivity index (χ0v) is 15.7. The minimum absolute atomic E-state index is 0.137. The van der Waals surface area contributed by atoms with E-state index in [4.69, 9.17) is 4.74 Å². The SMILES string of the molecule is COc1ccc(C(=O)Nc2cccc(CNCc3ccc(C)cc3)c2)cc1. The number of anilines is 1. The Bertz CT molecular complexity index is 887. The Balaban J connectivity index is 1.56. The summed E-state index contributed by atoms with van der Waals surface area (Å²) in [5.41, 5.74) is 5.02. The molecule has 0 aliphatic rings. The standard InChI is InChI=1S/C23H24N2O2/c1-17-6-8-18(9-7-17)15-24-16-19-4-3-5-21(14-19)25-23(26)20-10-12-22(27-2)13-11-20/h3-14,24H,15-16H2,1-2H3,(H,25,26). The lowest BCUT2D eigenvalue weighted by molar-refractivity contribution is 0.102. The van der Waals surface area contributed by atoms with Crippen molar-refractivity contribution in [1.82, 2.24) is 5.32 Å². The molecule has 3 rings (SSSR count). The molecule has 138 valence electrons. The first-order valence-electron chi connectivity index (χ1n) is 8.94. The van der Waals surface area contributed by atoms with Crippen molar-refractivity contribution in [2.45, 2.75) is 20.0 Å². The molecule has 0 saturated heterocycles. The molecule has 1 amide bonds. The molecule has 0 aliphatic carbocycles. The molecule has 0 spiro atoms. The van der Waals surface area contributed by atoms with Crippen LogP contribution in [0.3, 0.4) is 0 Å². The average molecular weight is 360 g/mol. The summed E-state index contributed by atoms with van der Waals surface area (Å²) in [5, 5.41) is 6.38. The van der Waals surface area contributed by atoms with Crippen LogP contribution in [-0.4, -0.2) is 13.0 Å². The van der Waals surface area contributed by atoms with Gasteiger partial charge in [0.25, 0.3) is 5.91 Å². The van der Waals surface area contributed by atoms with E-state index in [1.54, 1.807) is 31.4 Å². The third kappa shape index (κ3) is 5.43. The van der Waals surface area contributed by atoms with Gasteiger partial charge in [-0.05, 0) is 54.4 Å². The Hall–Kier alpha value is -3.11. The molecule has 0 heterocycles. The second kappa shape index (κ2) is 9.01. The first-order valence-corrected chi connectivity index (χ1v) is 8.94. The molecule has 0 fully saturated rings. The van der Waals surface area contributed by atoms with Crippen molar-refractivity contribution in [2.24, 2.45) is 0 Å². The first-order chi connectivity index (χ1) is 13.1. The van der Waals surface area contributed by atoms with Gasteiger partial charge in [0, 0.05) is 24.3 Å². The van der Waals surface area contributed by atoms with E-state index in [0.717, 1.165) is 30.1 Å². The molecule has 0 atom stereocenters. The number of rotatable bonds is 7. The highest BCUT2D eigenvalue weighted by Crippen LogP contribution is 2.15. The van der Waals surface area contributed by atoms with Crippen LogP contribution in [0.2, 0.25) is 0 Å². The van der Waals surface area contributed by atoms with E-state index in [1.165, 1.54) is 11.1 Å². The largest absolute Gasteiger partial charge is 0.497 e. The summed E-state index contributed by atoms with van der Waals surface area (Å²) in [4.78, 5) is 12.4. The summed E-state index contributed by atoms with van der Waals surface area (Å²) in [7, 11) is 1.60. The molecule has 4 heteroatoms. The molecule has 0 saturated carbocycles. The van der Waals surface area contributed by atoms with Gasteiger partial charge in [0.1, 0.15) is 5.75 Å². The number of benzene rings is 3. The van der Waals surface area contributed by atoms with Crippen molar-refractivity contribution in [3.8, 4) is 5.75 Å². The van der Waals surface area contributed by atoms with Crippen LogP contribution in [0.15, 0.2) is 72.8 Å². The number of hydrogen-bond acceptors (Lipinski definition) is 3. The number of carbonyl (C=O) groups is 1. The monoisotopic (exact) mass is 360 g/mol. The summed E-state index contributed by atoms with van der Waals surface area (Å²) >= 11 is 0. The second-order valence-corrected chi connectivity index (χ2v) is 6.47. The summed E-state index contributed by atoms with van der Waals surface area (Å²) < 4.78 is 5.12. The van der Waals surface area contributed by atoms with E-state index in [1.807, 2.05) is 24.3 Å². The number of methoxy groups -OCH3 is 1. The first kappa shape index (κ1) is 18.7. The normalized spacial score (nSPS) is 10.4. The van der Waals surface area contributed by atoms with Gasteiger partial charge in [0.2, 0.25) is 0 Å². The van der Waals surface area contributed by atoms with Crippen LogP contribution >= 0.6 is 0 Å². The molecule has 27 heavy (non-hydrogen) atoms. The molecule has 3 aromatic carbocycles. The zero-order valence-electron chi connectivity index (χ0n) is 15.7. The summed E-state index contributed by atoms with van der Waals surface area (Å²) in [5.74, 6) is 0.593. The van der Waals surface area contributed by atoms with Gasteiger partial charge in [-0.3, -0.25) is 4.79 Å². The van der Waals surface area contributed by atoms with Gasteiger partial charge in [-0.1, -0.05) is 42.0 Å². The Morgan fingerprint density at radius 2 is 1.59 bits per heavy atom. The van der Waals surface area contributed by atoms with Gasteiger partial charge in [-0.2, -0.15) is 0 Å². The van der Waals surface area contributed by atoms with Crippen molar-refractivity contribution < 1.29 is 9.53 Å². The lowest BCUT2D eigenvalue weighted by Gasteiger charge is -2.09. The predicted molar refractivity (Wildman–Crippen MR) is 109 cm³/mol. The lowest BCUT2D eigenvalue weighted by Crippen LogP contribution is -2.14. The molecule has 0 aromatic heterocycles. The molecule has 4 nitrogen and oxygen atoms in total. The molecule has 0 aliphatic heterocycles. The van der Waals surface area contributed by atoms with Gasteiger partial charge in [0.05, 0.1) is 7.11 Å². The van der Waals surface area contributed by atoms with Crippen molar-refractivity contribution in [1.29, 1.82) is 0 Å². The number of amides is 1. The highest BCUT2D eigenvalue weighted by Gasteiger charge is 2.06. The second-order valence-electron chi connectivity index (χ2n) is 6.47. The van der Waals surface area contributed by atoms with Gasteiger partial charge in [-0.25, -0.2) is 0 Å². The Morgan fingerprint density at radius 1 is 0.889 bits per heavy atom. The van der Waals surface area contributed by atoms with Crippen LogP contribution < -0.4 is 15.4 Å². The van der Waals surface area contributed by atoms with Crippen LogP contribution in [-0.2, 0) is 13.1 Å². The molecule has 0 bridgehead atoms. The van der Waals surface area contributed by atoms with Crippen LogP contribution in [0, 0.1) is 6.92 Å². The van der Waals surface area contributed by atoms with Crippen molar-refractivity contribution in [2.75, 3.05) is 12.4 Å². The van der Waals surface area contributed by atoms with Crippen molar-refractivity contribution in [3.05, 3.63) is 95.1 Å². The third-order valence-corrected chi connectivity index (χ3v) is 4.32. The van der Waals surface area contributed by atoms with Crippen molar-refractivity contribution >= 4 is 11.6 Å². The Kier molecular flexibility index (Phi) is 6.23. The maximum Gasteiger partial charge on any atom is 0.255 e. The predicted octanol–water partition coefficient (Wildman–Crippen LogP) is 4.55. The minimum Gasteiger partial charge on any atom is -0.497 e. The molecule has 3 aromatic rings. The maximum absolute atomic E-state index is 12.4. The molecular formula is C23H24N2O2. The zero-order chi connectivity index (χ0) is 19.1. The van der Waals surface area contributed by atoms with Crippen LogP contribution in [0.1, 0.15) is 27.0 Å². The van der Waals surface area contributed by atoms with E-state index in [-0.39, 0.29) is 5.91 Å². The fourth-order valence-electron chi connectivity index (χ4n) is 2.76. The smallest absolute Gasteiger partial charge is 0.255 e. The molecule has 0 radical (unpaired) electrons. The number of nitrogens with one attached hydrogen (secondary N) is 2. The topological polar surface area (TPSA) is 50.4 Å². The van der Waals surface area contributed by atoms with Gasteiger partial charge >= 0.3 is 0 Å². The number of aryl methyl sites for hydroxylation is 1. The summed E-state index contributed by atoms with van der Waals surface area (Å²) in [6, 6.07) is 23.4. The van der Waals surface area contributed by atoms with Gasteiger partial charge in [-0.15, -0.1) is 0 Å². The van der Waals surface area contributed by atoms with Gasteiger partial charge in [0.15, 0.2) is 0 Å². The quantitative estimate of drug-likeness (QED) is 0.650. The van der Waals surface area contributed by atoms with E-state index in [2.05, 4.69) is 41.8 Å². The minimum atomic E-state index is -0.137. The summed E-state index contributed by atoms with van der Waals surface area (Å²) in [6.07, 6.45) is 0. The van der Waals surface area contributed by atoms with Crippen LogP contribution in [0.4, 0.5) is 5.69 Å². The van der Waals surface area contributed by atoms with Crippen molar-refractivity contribution in [3.63, 3.8) is 0 Å². The fraction of sp³-hybridized carbons (Fsp3) is 0.174. The van der Waals surface area contributed by atoms with Crippen LogP contribution in [0.25, 0.3) is 0 Å². The maximum atomic E-state index is 12.4. The molecule has 0 unspecified atom stereocenters. The Labute approximate surface area is 160 Å². The van der Waals surface area contributed by atoms with E-state index < -0.39 is 0 Å². The highest BCUT2D eigenvalue weighted by molar-refractivity contribution is 6.04. The van der Waals surface area contributed by atoms with E-state index in [0.29, 0.717) is 5.56 Å². The average Bonchev–Trinajstić information content (AvgIpc) is 2.70. The van der Waals surface area contributed by atoms with E-state index in [9.17, 15) is 4.79 Å². The van der Waals surface area contributed by atoms with Crippen LogP contribution in [0.5, 0.6) is 5.75 Å². The number of hydrogen-bond donors (Lipinski definition) is 2. The highest BCUT2D eigenvalue weighted by atomic mass is 16.5. The van der Waals surface area contributed by atoms with E-state index >= 15 is 0 Å². The number of ether oxygens (including phenoxy) is 1. The molecule has 2 N–H and O–H groups in total. The molecular weight excluding hydrogens is 336 g/mol. The summed E-state index contributed by atoms with van der Waals surface area (Å²) in [6.45, 7) is 3.63. The third-order valence-electron chi connectivity index (χ3n) is 4.32. The fourth-order valence-corrected chi connectivity index (χ4v) is 2.76. The number of carbonyl (C=O) groups excluding carboxylic acids is 1. The Morgan fingerprint density at radius 3 is 2.30 bits per heavy atom.